The number of fused-ring (bicyclic) bond motifs is 1. The highest BCUT2D eigenvalue weighted by atomic mass is 16.7. The van der Waals surface area contributed by atoms with Crippen molar-refractivity contribution in [2.75, 3.05) is 45.8 Å². The van der Waals surface area contributed by atoms with Crippen LogP contribution in [0.5, 0.6) is 11.5 Å². The standard InChI is InChI=1S/C31H35N3O4.H2/c1-5-34(17-16-33(3)4)29(35)23-9-7-22(8-10-23)26-19-25(12-6-21(26)2)32-30(36)31(14-15-31)24-11-13-27-28(18-24)38-20-37-27;/h6-13,18-19H,5,14-17,20H2,1-4H3,(H,32,36);1H. The van der Waals surface area contributed by atoms with Crippen LogP contribution in [0.3, 0.4) is 0 Å². The Bertz CT molecular complexity index is 1350. The Balaban J connectivity index is 0.00000353. The molecular weight excluding hydrogens is 478 g/mol. The van der Waals surface area contributed by atoms with Crippen molar-refractivity contribution in [3.8, 4) is 22.6 Å². The molecule has 0 bridgehead atoms. The van der Waals surface area contributed by atoms with E-state index >= 15 is 0 Å². The topological polar surface area (TPSA) is 71.1 Å². The molecule has 5 rings (SSSR count). The Morgan fingerprint density at radius 1 is 0.947 bits per heavy atom. The zero-order chi connectivity index (χ0) is 26.9. The highest BCUT2D eigenvalue weighted by molar-refractivity contribution is 6.02. The van der Waals surface area contributed by atoms with Crippen molar-refractivity contribution in [1.82, 2.24) is 9.80 Å². The highest BCUT2D eigenvalue weighted by Gasteiger charge is 2.51. The number of nitrogens with one attached hydrogen (secondary N) is 1. The summed E-state index contributed by atoms with van der Waals surface area (Å²) in [5, 5.41) is 3.15. The largest absolute Gasteiger partial charge is 0.454 e. The van der Waals surface area contributed by atoms with Crippen molar-refractivity contribution >= 4 is 17.5 Å². The molecule has 7 nitrogen and oxygen atoms in total. The minimum absolute atomic E-state index is 0. The molecule has 1 N–H and O–H groups in total. The summed E-state index contributed by atoms with van der Waals surface area (Å²) < 4.78 is 10.9. The molecule has 1 saturated carbocycles. The third-order valence-corrected chi connectivity index (χ3v) is 7.53. The summed E-state index contributed by atoms with van der Waals surface area (Å²) >= 11 is 0. The number of ether oxygens (including phenoxy) is 2. The second kappa shape index (κ2) is 10.5. The van der Waals surface area contributed by atoms with Crippen LogP contribution in [0, 0.1) is 6.92 Å². The molecule has 1 fully saturated rings. The van der Waals surface area contributed by atoms with Gasteiger partial charge >= 0.3 is 0 Å². The fraction of sp³-hybridized carbons (Fsp3) is 0.355. The van der Waals surface area contributed by atoms with Gasteiger partial charge in [-0.15, -0.1) is 0 Å². The van der Waals surface area contributed by atoms with Crippen LogP contribution >= 0.6 is 0 Å². The number of hydrogen-bond donors (Lipinski definition) is 1. The average Bonchev–Trinajstić information content (AvgIpc) is 3.60. The van der Waals surface area contributed by atoms with E-state index in [9.17, 15) is 9.59 Å². The Labute approximate surface area is 225 Å². The lowest BCUT2D eigenvalue weighted by molar-refractivity contribution is -0.118. The number of likely N-dealkylation sites (N-methyl/N-ethyl adjacent to an activating group) is 2. The van der Waals surface area contributed by atoms with E-state index in [2.05, 4.69) is 17.1 Å². The molecular formula is C31H37N3O4. The van der Waals surface area contributed by atoms with E-state index in [4.69, 9.17) is 9.47 Å². The lowest BCUT2D eigenvalue weighted by atomic mass is 9.94. The molecule has 2 amide bonds. The zero-order valence-corrected chi connectivity index (χ0v) is 22.5. The van der Waals surface area contributed by atoms with Crippen molar-refractivity contribution in [3.63, 3.8) is 0 Å². The van der Waals surface area contributed by atoms with Crippen molar-refractivity contribution in [3.05, 3.63) is 77.4 Å². The molecule has 0 unspecified atom stereocenters. The van der Waals surface area contributed by atoms with Crippen molar-refractivity contribution in [2.45, 2.75) is 32.1 Å². The van der Waals surface area contributed by atoms with Gasteiger partial charge in [-0.25, -0.2) is 0 Å². The van der Waals surface area contributed by atoms with Gasteiger partial charge in [-0.1, -0.05) is 24.3 Å². The summed E-state index contributed by atoms with van der Waals surface area (Å²) in [7, 11) is 4.02. The van der Waals surface area contributed by atoms with Gasteiger partial charge in [-0.3, -0.25) is 9.59 Å². The van der Waals surface area contributed by atoms with E-state index in [-0.39, 0.29) is 20.0 Å². The van der Waals surface area contributed by atoms with Crippen molar-refractivity contribution in [2.24, 2.45) is 0 Å². The first-order valence-corrected chi connectivity index (χ1v) is 13.2. The van der Waals surface area contributed by atoms with Crippen LogP contribution in [0.1, 0.15) is 42.7 Å². The fourth-order valence-corrected chi connectivity index (χ4v) is 4.93. The molecule has 3 aromatic rings. The first-order chi connectivity index (χ1) is 18.3. The number of hydrogen-bond acceptors (Lipinski definition) is 5. The van der Waals surface area contributed by atoms with E-state index in [1.165, 1.54) is 0 Å². The van der Waals surface area contributed by atoms with Gasteiger partial charge in [0, 0.05) is 32.3 Å². The van der Waals surface area contributed by atoms with Gasteiger partial charge in [-0.05, 0) is 99.4 Å². The lowest BCUT2D eigenvalue weighted by Gasteiger charge is -2.23. The number of benzene rings is 3. The molecule has 2 aliphatic rings. The maximum absolute atomic E-state index is 13.4. The van der Waals surface area contributed by atoms with Crippen LogP contribution in [-0.4, -0.2) is 62.1 Å². The second-order valence-corrected chi connectivity index (χ2v) is 10.4. The summed E-state index contributed by atoms with van der Waals surface area (Å²) in [5.41, 5.74) is 4.97. The molecule has 200 valence electrons. The first kappa shape index (κ1) is 25.8. The van der Waals surface area contributed by atoms with Crippen LogP contribution in [0.4, 0.5) is 5.69 Å². The predicted molar refractivity (Wildman–Crippen MR) is 151 cm³/mol. The van der Waals surface area contributed by atoms with Crippen molar-refractivity contribution in [1.29, 1.82) is 0 Å². The van der Waals surface area contributed by atoms with Crippen LogP contribution in [0.15, 0.2) is 60.7 Å². The third-order valence-electron chi connectivity index (χ3n) is 7.53. The number of anilines is 1. The third kappa shape index (κ3) is 5.11. The summed E-state index contributed by atoms with van der Waals surface area (Å²) in [6.07, 6.45) is 1.60. The summed E-state index contributed by atoms with van der Waals surface area (Å²) in [4.78, 5) is 30.4. The van der Waals surface area contributed by atoms with Gasteiger partial charge in [0.15, 0.2) is 11.5 Å². The zero-order valence-electron chi connectivity index (χ0n) is 22.5. The molecule has 1 aliphatic carbocycles. The van der Waals surface area contributed by atoms with Crippen LogP contribution in [0.25, 0.3) is 11.1 Å². The Morgan fingerprint density at radius 3 is 2.37 bits per heavy atom. The van der Waals surface area contributed by atoms with Gasteiger partial charge in [0.1, 0.15) is 0 Å². The van der Waals surface area contributed by atoms with E-state index in [1.807, 2.05) is 86.6 Å². The van der Waals surface area contributed by atoms with Gasteiger partial charge in [0.25, 0.3) is 5.91 Å². The maximum Gasteiger partial charge on any atom is 0.253 e. The fourth-order valence-electron chi connectivity index (χ4n) is 4.93. The van der Waals surface area contributed by atoms with Crippen LogP contribution < -0.4 is 14.8 Å². The number of carbonyl (C=O) groups excluding carboxylic acids is 2. The summed E-state index contributed by atoms with van der Waals surface area (Å²) in [5.74, 6) is 1.44. The molecule has 1 aliphatic heterocycles. The summed E-state index contributed by atoms with van der Waals surface area (Å²) in [6.45, 7) is 6.46. The minimum Gasteiger partial charge on any atom is -0.454 e. The maximum atomic E-state index is 13.4. The minimum atomic E-state index is -0.536. The quantitative estimate of drug-likeness (QED) is 0.417. The van der Waals surface area contributed by atoms with Crippen molar-refractivity contribution < 1.29 is 20.5 Å². The van der Waals surface area contributed by atoms with E-state index in [0.29, 0.717) is 24.4 Å². The number of carbonyl (C=O) groups is 2. The monoisotopic (exact) mass is 515 g/mol. The molecule has 38 heavy (non-hydrogen) atoms. The smallest absolute Gasteiger partial charge is 0.253 e. The molecule has 3 aromatic carbocycles. The Morgan fingerprint density at radius 2 is 1.68 bits per heavy atom. The molecule has 1 heterocycles. The molecule has 7 heteroatoms. The van der Waals surface area contributed by atoms with Gasteiger partial charge in [0.05, 0.1) is 5.41 Å². The van der Waals surface area contributed by atoms with Crippen LogP contribution in [-0.2, 0) is 10.2 Å². The SMILES string of the molecule is CCN(CCN(C)C)C(=O)c1ccc(-c2cc(NC(=O)C3(c4ccc5c(c4)OCO5)CC3)ccc2C)cc1.[HH]. The molecule has 0 spiro atoms. The van der Waals surface area contributed by atoms with Gasteiger partial charge < -0.3 is 24.6 Å². The van der Waals surface area contributed by atoms with Gasteiger partial charge in [-0.2, -0.15) is 0 Å². The van der Waals surface area contributed by atoms with Gasteiger partial charge in [0.2, 0.25) is 12.7 Å². The number of nitrogens with zero attached hydrogens (tertiary/aromatic N) is 2. The Hall–Kier alpha value is -3.84. The second-order valence-electron chi connectivity index (χ2n) is 10.4. The molecule has 0 atom stereocenters. The van der Waals surface area contributed by atoms with E-state index in [0.717, 1.165) is 53.1 Å². The molecule has 0 saturated heterocycles. The normalized spacial score (nSPS) is 14.9. The summed E-state index contributed by atoms with van der Waals surface area (Å²) in [6, 6.07) is 19.5. The highest BCUT2D eigenvalue weighted by Crippen LogP contribution is 2.51. The molecule has 0 radical (unpaired) electrons. The average molecular weight is 516 g/mol. The lowest BCUT2D eigenvalue weighted by Crippen LogP contribution is -2.36. The Kier molecular flexibility index (Phi) is 7.13. The number of amides is 2. The number of aryl methyl sites for hydroxylation is 1. The van der Waals surface area contributed by atoms with Crippen LogP contribution in [0.2, 0.25) is 0 Å². The number of rotatable bonds is 9. The van der Waals surface area contributed by atoms with E-state index in [1.54, 1.807) is 0 Å². The predicted octanol–water partition coefficient (Wildman–Crippen LogP) is 5.33. The van der Waals surface area contributed by atoms with E-state index < -0.39 is 5.41 Å². The molecule has 0 aromatic heterocycles. The first-order valence-electron chi connectivity index (χ1n) is 13.2.